The van der Waals surface area contributed by atoms with Crippen molar-refractivity contribution in [1.82, 2.24) is 0 Å². The van der Waals surface area contributed by atoms with Gasteiger partial charge in [0.1, 0.15) is 12.7 Å². The second-order valence-corrected chi connectivity index (χ2v) is 15.3. The van der Waals surface area contributed by atoms with Crippen molar-refractivity contribution < 1.29 is 52.5 Å². The molecule has 0 aromatic heterocycles. The largest absolute Gasteiger partial charge is 0.472 e. The number of hydrogen-bond acceptors (Lipinski definition) is 10. The van der Waals surface area contributed by atoms with E-state index < -0.39 is 51.8 Å². The summed E-state index contributed by atoms with van der Waals surface area (Å²) in [4.78, 5) is 34.8. The molecule has 0 spiro atoms. The van der Waals surface area contributed by atoms with E-state index in [9.17, 15) is 24.2 Å². The van der Waals surface area contributed by atoms with Gasteiger partial charge in [0.05, 0.1) is 32.0 Å². The topological polar surface area (TPSA) is 161 Å². The summed E-state index contributed by atoms with van der Waals surface area (Å²) in [5.74, 6) is -0.270. The van der Waals surface area contributed by atoms with Gasteiger partial charge in [-0.25, -0.2) is 4.57 Å². The first-order valence-corrected chi connectivity index (χ1v) is 20.9. The zero-order chi connectivity index (χ0) is 37.6. The van der Waals surface area contributed by atoms with Crippen molar-refractivity contribution in [3.05, 3.63) is 36.5 Å². The second-order valence-electron chi connectivity index (χ2n) is 13.8. The van der Waals surface area contributed by atoms with Gasteiger partial charge in [0.2, 0.25) is 0 Å². The van der Waals surface area contributed by atoms with Gasteiger partial charge in [-0.05, 0) is 50.9 Å². The van der Waals surface area contributed by atoms with Gasteiger partial charge in [0, 0.05) is 12.8 Å². The minimum atomic E-state index is -4.62. The molecule has 11 nitrogen and oxygen atoms in total. The van der Waals surface area contributed by atoms with Crippen LogP contribution in [0.1, 0.15) is 143 Å². The molecule has 1 rings (SSSR count). The summed E-state index contributed by atoms with van der Waals surface area (Å²) in [5, 5.41) is 18.3. The molecule has 1 heterocycles. The van der Waals surface area contributed by atoms with Crippen LogP contribution in [0.5, 0.6) is 0 Å². The summed E-state index contributed by atoms with van der Waals surface area (Å²) in [6.45, 7) is 4.50. The van der Waals surface area contributed by atoms with Crippen molar-refractivity contribution in [2.75, 3.05) is 26.4 Å². The van der Waals surface area contributed by atoms with Gasteiger partial charge < -0.3 is 29.3 Å². The summed E-state index contributed by atoms with van der Waals surface area (Å²) < 4.78 is 38.2. The molecule has 0 aromatic carbocycles. The van der Waals surface area contributed by atoms with Crippen LogP contribution in [-0.2, 0) is 37.4 Å². The standard InChI is InChI=1S/C39H69O11P/c1-4-5-19-25-36-37(50-36)26-21-16-12-8-6-7-9-13-17-22-27-38(42)46-31-35(32-48-51(44,45)47-30-34(41)29-40)49-39(43)28-23-18-14-10-11-15-20-24-33(2)3/h6,8-9,13,16,21,33-37,40-41H,4-5,7,10-12,14-15,17-20,22-32H2,1-3H3,(H,44,45)/b8-6-,13-9-,21-16-/t34-,35+,36?,37?/m0/s1. The van der Waals surface area contributed by atoms with Crippen LogP contribution < -0.4 is 0 Å². The Hall–Kier alpha value is -1.85. The molecule has 0 radical (unpaired) electrons. The second kappa shape index (κ2) is 30.6. The van der Waals surface area contributed by atoms with E-state index in [0.717, 1.165) is 44.4 Å². The number of epoxide rings is 1. The first-order valence-electron chi connectivity index (χ1n) is 19.4. The lowest BCUT2D eigenvalue weighted by molar-refractivity contribution is -0.161. The Labute approximate surface area is 307 Å². The molecule has 1 fully saturated rings. The Morgan fingerprint density at radius 1 is 0.765 bits per heavy atom. The minimum Gasteiger partial charge on any atom is -0.462 e. The molecule has 1 saturated heterocycles. The van der Waals surface area contributed by atoms with Crippen LogP contribution >= 0.6 is 7.82 Å². The third-order valence-corrected chi connectivity index (χ3v) is 9.35. The van der Waals surface area contributed by atoms with Crippen molar-refractivity contribution in [2.45, 2.75) is 167 Å². The third-order valence-electron chi connectivity index (χ3n) is 8.40. The number of phosphoric acid groups is 1. The number of carbonyl (C=O) groups excluding carboxylic acids is 2. The number of ether oxygens (including phenoxy) is 3. The van der Waals surface area contributed by atoms with Crippen LogP contribution in [0.2, 0.25) is 0 Å². The highest BCUT2D eigenvalue weighted by atomic mass is 31.2. The van der Waals surface area contributed by atoms with Gasteiger partial charge in [0.15, 0.2) is 6.10 Å². The van der Waals surface area contributed by atoms with E-state index in [1.807, 2.05) is 6.08 Å². The van der Waals surface area contributed by atoms with E-state index in [1.54, 1.807) is 0 Å². The Bertz CT molecular complexity index is 1030. The van der Waals surface area contributed by atoms with Crippen molar-refractivity contribution in [3.63, 3.8) is 0 Å². The Morgan fingerprint density at radius 2 is 1.39 bits per heavy atom. The molecular formula is C39H69O11P. The normalized spacial score (nSPS) is 18.5. The first-order chi connectivity index (χ1) is 24.6. The summed E-state index contributed by atoms with van der Waals surface area (Å²) in [6.07, 6.45) is 29.0. The van der Waals surface area contributed by atoms with Gasteiger partial charge in [0.25, 0.3) is 0 Å². The zero-order valence-electron chi connectivity index (χ0n) is 31.7. The fraction of sp³-hybridized carbons (Fsp3) is 0.795. The van der Waals surface area contributed by atoms with Crippen LogP contribution in [0.15, 0.2) is 36.5 Å². The average Bonchev–Trinajstić information content (AvgIpc) is 3.85. The summed E-state index contributed by atoms with van der Waals surface area (Å²) >= 11 is 0. The van der Waals surface area contributed by atoms with Crippen LogP contribution in [0.4, 0.5) is 0 Å². The summed E-state index contributed by atoms with van der Waals surface area (Å²) in [5.41, 5.74) is 0. The average molecular weight is 745 g/mol. The molecule has 5 atom stereocenters. The number of phosphoric ester groups is 1. The van der Waals surface area contributed by atoms with E-state index in [4.69, 9.17) is 23.8 Å². The van der Waals surface area contributed by atoms with E-state index in [-0.39, 0.29) is 19.4 Å². The molecule has 0 bridgehead atoms. The molecule has 1 aliphatic heterocycles. The summed E-state index contributed by atoms with van der Waals surface area (Å²) in [6, 6.07) is 0. The van der Waals surface area contributed by atoms with Gasteiger partial charge in [-0.2, -0.15) is 0 Å². The molecule has 1 aliphatic rings. The molecule has 0 aliphatic carbocycles. The van der Waals surface area contributed by atoms with Crippen molar-refractivity contribution in [1.29, 1.82) is 0 Å². The molecule has 3 N–H and O–H groups in total. The lowest BCUT2D eigenvalue weighted by Crippen LogP contribution is -2.29. The highest BCUT2D eigenvalue weighted by molar-refractivity contribution is 7.47. The van der Waals surface area contributed by atoms with E-state index in [2.05, 4.69) is 55.7 Å². The van der Waals surface area contributed by atoms with Crippen LogP contribution in [0.3, 0.4) is 0 Å². The lowest BCUT2D eigenvalue weighted by Gasteiger charge is -2.20. The smallest absolute Gasteiger partial charge is 0.462 e. The van der Waals surface area contributed by atoms with Crippen molar-refractivity contribution >= 4 is 19.8 Å². The number of aliphatic hydroxyl groups is 2. The molecule has 0 aromatic rings. The highest BCUT2D eigenvalue weighted by Gasteiger charge is 2.36. The number of esters is 2. The predicted molar refractivity (Wildman–Crippen MR) is 200 cm³/mol. The Kier molecular flexibility index (Phi) is 28.3. The van der Waals surface area contributed by atoms with Crippen molar-refractivity contribution in [3.8, 4) is 0 Å². The lowest BCUT2D eigenvalue weighted by atomic mass is 10.0. The van der Waals surface area contributed by atoms with Crippen molar-refractivity contribution in [2.24, 2.45) is 5.92 Å². The van der Waals surface area contributed by atoms with Crippen LogP contribution in [0.25, 0.3) is 0 Å². The molecule has 3 unspecified atom stereocenters. The monoisotopic (exact) mass is 744 g/mol. The fourth-order valence-electron chi connectivity index (χ4n) is 5.26. The van der Waals surface area contributed by atoms with Crippen LogP contribution in [-0.4, -0.2) is 77.9 Å². The number of unbranched alkanes of at least 4 members (excludes halogenated alkanes) is 9. The molecule has 0 saturated carbocycles. The number of carbonyl (C=O) groups is 2. The van der Waals surface area contributed by atoms with Gasteiger partial charge in [-0.1, -0.05) is 121 Å². The maximum absolute atomic E-state index is 12.5. The van der Waals surface area contributed by atoms with Gasteiger partial charge >= 0.3 is 19.8 Å². The molecule has 12 heteroatoms. The molecule has 51 heavy (non-hydrogen) atoms. The zero-order valence-corrected chi connectivity index (χ0v) is 32.6. The maximum atomic E-state index is 12.5. The number of hydrogen-bond donors (Lipinski definition) is 3. The first kappa shape index (κ1) is 47.2. The maximum Gasteiger partial charge on any atom is 0.472 e. The Balaban J connectivity index is 2.31. The van der Waals surface area contributed by atoms with E-state index in [0.29, 0.717) is 31.5 Å². The van der Waals surface area contributed by atoms with Gasteiger partial charge in [-0.3, -0.25) is 18.6 Å². The Morgan fingerprint density at radius 3 is 2.08 bits per heavy atom. The van der Waals surface area contributed by atoms with E-state index in [1.165, 1.54) is 51.4 Å². The van der Waals surface area contributed by atoms with E-state index >= 15 is 0 Å². The quantitative estimate of drug-likeness (QED) is 0.0191. The third kappa shape index (κ3) is 29.3. The highest BCUT2D eigenvalue weighted by Crippen LogP contribution is 2.43. The number of rotatable bonds is 34. The predicted octanol–water partition coefficient (Wildman–Crippen LogP) is 8.45. The number of allylic oxidation sites excluding steroid dienone is 5. The number of aliphatic hydroxyl groups excluding tert-OH is 2. The SMILES string of the molecule is CCCCCC1OC1C/C=C\C/C=C\C/C=C\CCCC(=O)OC[C@H](COP(=O)(O)OC[C@@H](O)CO)OC(=O)CCCCCCCCCC(C)C. The summed E-state index contributed by atoms with van der Waals surface area (Å²) in [7, 11) is -4.62. The minimum absolute atomic E-state index is 0.161. The van der Waals surface area contributed by atoms with Gasteiger partial charge in [-0.15, -0.1) is 0 Å². The molecule has 0 amide bonds. The molecular weight excluding hydrogens is 675 g/mol. The van der Waals surface area contributed by atoms with Crippen LogP contribution in [0, 0.1) is 5.92 Å². The fourth-order valence-corrected chi connectivity index (χ4v) is 6.05. The molecule has 296 valence electrons.